The van der Waals surface area contributed by atoms with Crippen molar-refractivity contribution in [3.63, 3.8) is 0 Å². The summed E-state index contributed by atoms with van der Waals surface area (Å²) in [5, 5.41) is 10.9. The molecule has 15 heavy (non-hydrogen) atoms. The average molecular weight is 302 g/mol. The molecular formula is C10H8BrNOS2. The van der Waals surface area contributed by atoms with E-state index in [4.69, 9.17) is 5.11 Å². The number of aliphatic hydroxyl groups is 1. The second-order valence-electron chi connectivity index (χ2n) is 2.84. The van der Waals surface area contributed by atoms with Gasteiger partial charge in [0.15, 0.2) is 4.34 Å². The van der Waals surface area contributed by atoms with Gasteiger partial charge in [0, 0.05) is 10.3 Å². The third-order valence-electron chi connectivity index (χ3n) is 1.77. The van der Waals surface area contributed by atoms with Crippen molar-refractivity contribution in [3.05, 3.63) is 39.8 Å². The van der Waals surface area contributed by atoms with Crippen LogP contribution in [0.1, 0.15) is 5.56 Å². The van der Waals surface area contributed by atoms with Crippen LogP contribution < -0.4 is 0 Å². The van der Waals surface area contributed by atoms with Crippen molar-refractivity contribution < 1.29 is 5.11 Å². The third kappa shape index (κ3) is 3.04. The van der Waals surface area contributed by atoms with E-state index in [1.807, 2.05) is 29.6 Å². The third-order valence-corrected chi connectivity index (χ3v) is 4.42. The molecule has 2 rings (SSSR count). The van der Waals surface area contributed by atoms with E-state index in [0.29, 0.717) is 0 Å². The summed E-state index contributed by atoms with van der Waals surface area (Å²) in [6, 6.07) is 7.83. The number of aromatic nitrogens is 1. The normalized spacial score (nSPS) is 10.5. The molecule has 78 valence electrons. The van der Waals surface area contributed by atoms with E-state index < -0.39 is 0 Å². The molecule has 0 aliphatic heterocycles. The van der Waals surface area contributed by atoms with Crippen LogP contribution in [0.2, 0.25) is 0 Å². The van der Waals surface area contributed by atoms with Crippen molar-refractivity contribution in [1.82, 2.24) is 4.98 Å². The second kappa shape index (κ2) is 5.12. The van der Waals surface area contributed by atoms with Crippen molar-refractivity contribution >= 4 is 39.0 Å². The van der Waals surface area contributed by atoms with Gasteiger partial charge in [0.2, 0.25) is 0 Å². The Morgan fingerprint density at radius 1 is 1.33 bits per heavy atom. The topological polar surface area (TPSA) is 33.1 Å². The molecule has 0 aliphatic carbocycles. The average Bonchev–Trinajstić information content (AvgIpc) is 2.65. The molecule has 1 aromatic carbocycles. The highest BCUT2D eigenvalue weighted by atomic mass is 79.9. The summed E-state index contributed by atoms with van der Waals surface area (Å²) >= 11 is 6.55. The molecule has 1 N–H and O–H groups in total. The number of thiazole rings is 1. The van der Waals surface area contributed by atoms with Crippen molar-refractivity contribution in [2.24, 2.45) is 0 Å². The van der Waals surface area contributed by atoms with Crippen molar-refractivity contribution in [2.45, 2.75) is 15.8 Å². The molecule has 1 heterocycles. The van der Waals surface area contributed by atoms with Crippen LogP contribution >= 0.6 is 39.0 Å². The molecule has 0 bridgehead atoms. The number of hydrogen-bond donors (Lipinski definition) is 1. The van der Waals surface area contributed by atoms with Crippen LogP contribution in [0.3, 0.4) is 0 Å². The van der Waals surface area contributed by atoms with E-state index in [9.17, 15) is 0 Å². The largest absolute Gasteiger partial charge is 0.392 e. The van der Waals surface area contributed by atoms with E-state index in [2.05, 4.69) is 20.9 Å². The molecule has 0 aliphatic rings. The van der Waals surface area contributed by atoms with E-state index in [1.165, 1.54) is 0 Å². The minimum Gasteiger partial charge on any atom is -0.392 e. The van der Waals surface area contributed by atoms with E-state index in [0.717, 1.165) is 19.4 Å². The van der Waals surface area contributed by atoms with Gasteiger partial charge >= 0.3 is 0 Å². The van der Waals surface area contributed by atoms with Gasteiger partial charge in [0.05, 0.1) is 6.61 Å². The van der Waals surface area contributed by atoms with E-state index in [1.54, 1.807) is 23.1 Å². The van der Waals surface area contributed by atoms with Gasteiger partial charge < -0.3 is 5.11 Å². The summed E-state index contributed by atoms with van der Waals surface area (Å²) in [5.74, 6) is 0. The van der Waals surface area contributed by atoms with Crippen molar-refractivity contribution in [3.8, 4) is 0 Å². The highest BCUT2D eigenvalue weighted by molar-refractivity contribution is 9.10. The summed E-state index contributed by atoms with van der Waals surface area (Å²) in [4.78, 5) is 5.43. The van der Waals surface area contributed by atoms with Crippen LogP contribution in [0, 0.1) is 0 Å². The number of benzene rings is 1. The Hall–Kier alpha value is -0.360. The predicted molar refractivity (Wildman–Crippen MR) is 66.3 cm³/mol. The highest BCUT2D eigenvalue weighted by Gasteiger charge is 2.02. The zero-order valence-corrected chi connectivity index (χ0v) is 10.9. The number of hydrogen-bond acceptors (Lipinski definition) is 4. The first kappa shape index (κ1) is 11.1. The number of nitrogens with zero attached hydrogens (tertiary/aromatic N) is 1. The Balaban J connectivity index is 2.11. The molecule has 1 aromatic heterocycles. The Bertz CT molecular complexity index is 441. The molecule has 0 atom stereocenters. The van der Waals surface area contributed by atoms with Gasteiger partial charge in [-0.2, -0.15) is 0 Å². The molecule has 5 heteroatoms. The monoisotopic (exact) mass is 301 g/mol. The number of rotatable bonds is 3. The van der Waals surface area contributed by atoms with E-state index >= 15 is 0 Å². The molecule has 0 unspecified atom stereocenters. The van der Waals surface area contributed by atoms with Crippen LogP contribution in [-0.4, -0.2) is 10.1 Å². The fourth-order valence-electron chi connectivity index (χ4n) is 1.05. The first-order valence-electron chi connectivity index (χ1n) is 4.26. The minimum atomic E-state index is 0.0910. The fraction of sp³-hybridized carbons (Fsp3) is 0.100. The zero-order chi connectivity index (χ0) is 10.7. The van der Waals surface area contributed by atoms with E-state index in [-0.39, 0.29) is 6.61 Å². The fourth-order valence-corrected chi connectivity index (χ4v) is 3.39. The maximum Gasteiger partial charge on any atom is 0.155 e. The second-order valence-corrected chi connectivity index (χ2v) is 5.83. The minimum absolute atomic E-state index is 0.0910. The SMILES string of the molecule is OCc1ccc(Sc2nc(Br)cs2)cc1. The molecule has 0 fully saturated rings. The van der Waals surface area contributed by atoms with Crippen LogP contribution in [0.5, 0.6) is 0 Å². The van der Waals surface area contributed by atoms with Crippen LogP contribution in [0.4, 0.5) is 0 Å². The Labute approximate surface area is 104 Å². The van der Waals surface area contributed by atoms with Crippen molar-refractivity contribution in [1.29, 1.82) is 0 Å². The quantitative estimate of drug-likeness (QED) is 0.941. The summed E-state index contributed by atoms with van der Waals surface area (Å²) in [6.07, 6.45) is 0. The Morgan fingerprint density at radius 3 is 2.60 bits per heavy atom. The Morgan fingerprint density at radius 2 is 2.07 bits per heavy atom. The van der Waals surface area contributed by atoms with Gasteiger partial charge in [0.1, 0.15) is 4.60 Å². The first-order chi connectivity index (χ1) is 7.28. The van der Waals surface area contributed by atoms with Gasteiger partial charge in [-0.3, -0.25) is 0 Å². The maximum atomic E-state index is 8.90. The number of aliphatic hydroxyl groups excluding tert-OH is 1. The van der Waals surface area contributed by atoms with Crippen LogP contribution in [-0.2, 0) is 6.61 Å². The maximum absolute atomic E-state index is 8.90. The lowest BCUT2D eigenvalue weighted by Gasteiger charge is -1.99. The lowest BCUT2D eigenvalue weighted by molar-refractivity contribution is 0.282. The first-order valence-corrected chi connectivity index (χ1v) is 6.75. The van der Waals surface area contributed by atoms with Gasteiger partial charge in [-0.25, -0.2) is 4.98 Å². The van der Waals surface area contributed by atoms with Gasteiger partial charge in [-0.15, -0.1) is 11.3 Å². The Kier molecular flexibility index (Phi) is 3.80. The molecule has 0 saturated carbocycles. The van der Waals surface area contributed by atoms with Crippen LogP contribution in [0.15, 0.2) is 43.5 Å². The molecule has 2 aromatic rings. The summed E-state index contributed by atoms with van der Waals surface area (Å²) in [5.41, 5.74) is 0.930. The predicted octanol–water partition coefficient (Wildman–Crippen LogP) is 3.55. The summed E-state index contributed by atoms with van der Waals surface area (Å²) in [6.45, 7) is 0.0910. The lowest BCUT2D eigenvalue weighted by atomic mass is 10.2. The molecular weight excluding hydrogens is 294 g/mol. The summed E-state index contributed by atoms with van der Waals surface area (Å²) in [7, 11) is 0. The highest BCUT2D eigenvalue weighted by Crippen LogP contribution is 2.31. The molecule has 0 spiro atoms. The van der Waals surface area contributed by atoms with Crippen molar-refractivity contribution in [2.75, 3.05) is 0 Å². The molecule has 2 nitrogen and oxygen atoms in total. The van der Waals surface area contributed by atoms with Gasteiger partial charge in [-0.05, 0) is 33.6 Å². The standard InChI is InChI=1S/C10H8BrNOS2/c11-9-6-14-10(12-9)15-8-3-1-7(5-13)2-4-8/h1-4,6,13H,5H2. The smallest absolute Gasteiger partial charge is 0.155 e. The summed E-state index contributed by atoms with van der Waals surface area (Å²) < 4.78 is 1.89. The lowest BCUT2D eigenvalue weighted by Crippen LogP contribution is -1.81. The zero-order valence-electron chi connectivity index (χ0n) is 7.68. The molecule has 0 saturated heterocycles. The van der Waals surface area contributed by atoms with Gasteiger partial charge in [0.25, 0.3) is 0 Å². The van der Waals surface area contributed by atoms with Gasteiger partial charge in [-0.1, -0.05) is 23.9 Å². The number of halogens is 1. The molecule has 0 amide bonds. The van der Waals surface area contributed by atoms with Crippen LogP contribution in [0.25, 0.3) is 0 Å². The molecule has 0 radical (unpaired) electrons.